The SMILES string of the molecule is C=CS(C)(C)CCC(F)(F)F. The molecule has 0 radical (unpaired) electrons. The number of rotatable bonds is 3. The first-order valence-electron chi connectivity index (χ1n) is 3.17. The third-order valence-electron chi connectivity index (χ3n) is 1.36. The molecule has 0 atom stereocenters. The third-order valence-corrected chi connectivity index (χ3v) is 3.52. The summed E-state index contributed by atoms with van der Waals surface area (Å²) in [5, 5.41) is 1.64. The highest BCUT2D eigenvalue weighted by molar-refractivity contribution is 8.35. The van der Waals surface area contributed by atoms with Crippen LogP contribution in [-0.2, 0) is 0 Å². The lowest BCUT2D eigenvalue weighted by Gasteiger charge is -2.26. The Kier molecular flexibility index (Phi) is 3.48. The van der Waals surface area contributed by atoms with Crippen molar-refractivity contribution in [2.75, 3.05) is 18.3 Å². The van der Waals surface area contributed by atoms with E-state index in [-0.39, 0.29) is 5.75 Å². The standard InChI is InChI=1S/C7H13F3S/c1-4-11(2,3)6-5-7(8,9)10/h4H,1,5-6H2,2-3H3. The Hall–Kier alpha value is -0.120. The van der Waals surface area contributed by atoms with Crippen molar-refractivity contribution in [1.82, 2.24) is 0 Å². The average Bonchev–Trinajstić information content (AvgIpc) is 1.83. The number of halogens is 3. The van der Waals surface area contributed by atoms with Crippen LogP contribution >= 0.6 is 10.0 Å². The van der Waals surface area contributed by atoms with E-state index in [0.717, 1.165) is 0 Å². The van der Waals surface area contributed by atoms with Crippen molar-refractivity contribution in [3.05, 3.63) is 12.0 Å². The fourth-order valence-corrected chi connectivity index (χ4v) is 1.39. The summed E-state index contributed by atoms with van der Waals surface area (Å²) in [7, 11) is -1.21. The molecular weight excluding hydrogens is 173 g/mol. The summed E-state index contributed by atoms with van der Waals surface area (Å²) in [6, 6.07) is 0. The van der Waals surface area contributed by atoms with Crippen LogP contribution in [0.15, 0.2) is 12.0 Å². The van der Waals surface area contributed by atoms with Gasteiger partial charge in [0.05, 0.1) is 6.42 Å². The van der Waals surface area contributed by atoms with E-state index in [4.69, 9.17) is 0 Å². The highest BCUT2D eigenvalue weighted by Gasteiger charge is 2.28. The molecule has 0 N–H and O–H groups in total. The van der Waals surface area contributed by atoms with Crippen LogP contribution in [0.1, 0.15) is 6.42 Å². The minimum absolute atomic E-state index is 0.194. The van der Waals surface area contributed by atoms with E-state index in [1.165, 1.54) is 0 Å². The molecule has 0 aromatic carbocycles. The molecule has 4 heteroatoms. The number of hydrogen-bond acceptors (Lipinski definition) is 0. The van der Waals surface area contributed by atoms with Crippen molar-refractivity contribution in [1.29, 1.82) is 0 Å². The van der Waals surface area contributed by atoms with E-state index < -0.39 is 22.6 Å². The predicted octanol–water partition coefficient (Wildman–Crippen LogP) is 3.15. The summed E-state index contributed by atoms with van der Waals surface area (Å²) in [5.41, 5.74) is 0. The highest BCUT2D eigenvalue weighted by Crippen LogP contribution is 2.43. The van der Waals surface area contributed by atoms with Crippen LogP contribution in [0, 0.1) is 0 Å². The molecule has 0 spiro atoms. The van der Waals surface area contributed by atoms with Gasteiger partial charge in [0.1, 0.15) is 0 Å². The highest BCUT2D eigenvalue weighted by atomic mass is 32.3. The molecule has 0 fully saturated rings. The smallest absolute Gasteiger partial charge is 0.227 e. The second-order valence-electron chi connectivity index (χ2n) is 2.86. The monoisotopic (exact) mass is 186 g/mol. The molecule has 0 unspecified atom stereocenters. The molecular formula is C7H13F3S. The molecule has 0 bridgehead atoms. The summed E-state index contributed by atoms with van der Waals surface area (Å²) in [5.74, 6) is 0.194. The Labute approximate surface area is 66.8 Å². The van der Waals surface area contributed by atoms with E-state index in [1.54, 1.807) is 5.41 Å². The van der Waals surface area contributed by atoms with Crippen LogP contribution in [-0.4, -0.2) is 24.4 Å². The van der Waals surface area contributed by atoms with Crippen LogP contribution in [0.25, 0.3) is 0 Å². The lowest BCUT2D eigenvalue weighted by atomic mass is 10.5. The zero-order valence-corrected chi connectivity index (χ0v) is 7.56. The van der Waals surface area contributed by atoms with Gasteiger partial charge in [-0.05, 0) is 18.3 Å². The minimum atomic E-state index is -4.02. The van der Waals surface area contributed by atoms with Crippen molar-refractivity contribution in [3.8, 4) is 0 Å². The maximum atomic E-state index is 11.7. The van der Waals surface area contributed by atoms with Gasteiger partial charge in [-0.25, -0.2) is 10.0 Å². The summed E-state index contributed by atoms with van der Waals surface area (Å²) < 4.78 is 35.1. The molecule has 0 nitrogen and oxygen atoms in total. The van der Waals surface area contributed by atoms with Gasteiger partial charge in [0.15, 0.2) is 0 Å². The van der Waals surface area contributed by atoms with Gasteiger partial charge in [-0.2, -0.15) is 13.2 Å². The number of hydrogen-bond donors (Lipinski definition) is 0. The number of alkyl halides is 3. The fraction of sp³-hybridized carbons (Fsp3) is 0.714. The lowest BCUT2D eigenvalue weighted by Crippen LogP contribution is -2.12. The molecule has 0 aliphatic carbocycles. The van der Waals surface area contributed by atoms with Gasteiger partial charge in [0.2, 0.25) is 0 Å². The summed E-state index contributed by atoms with van der Waals surface area (Å²) in [6.07, 6.45) is -1.06. The van der Waals surface area contributed by atoms with Crippen LogP contribution in [0.4, 0.5) is 13.2 Å². The average molecular weight is 186 g/mol. The van der Waals surface area contributed by atoms with Crippen LogP contribution < -0.4 is 0 Å². The van der Waals surface area contributed by atoms with Gasteiger partial charge in [-0.3, -0.25) is 0 Å². The van der Waals surface area contributed by atoms with Crippen molar-refractivity contribution in [2.24, 2.45) is 0 Å². The molecule has 0 aromatic rings. The van der Waals surface area contributed by atoms with E-state index in [2.05, 4.69) is 6.58 Å². The summed E-state index contributed by atoms with van der Waals surface area (Å²) >= 11 is 0. The van der Waals surface area contributed by atoms with Gasteiger partial charge < -0.3 is 0 Å². The first-order chi connectivity index (χ1) is 4.77. The molecule has 0 amide bonds. The molecule has 0 rings (SSSR count). The normalized spacial score (nSPS) is 14.6. The Bertz CT molecular complexity index is 137. The maximum Gasteiger partial charge on any atom is 0.389 e. The van der Waals surface area contributed by atoms with Gasteiger partial charge in [-0.1, -0.05) is 12.0 Å². The third kappa shape index (κ3) is 6.28. The van der Waals surface area contributed by atoms with Crippen molar-refractivity contribution in [3.63, 3.8) is 0 Å². The molecule has 0 heterocycles. The van der Waals surface area contributed by atoms with Crippen LogP contribution in [0.5, 0.6) is 0 Å². The lowest BCUT2D eigenvalue weighted by molar-refractivity contribution is -0.129. The molecule has 0 aliphatic heterocycles. The van der Waals surface area contributed by atoms with Crippen LogP contribution in [0.2, 0.25) is 0 Å². The van der Waals surface area contributed by atoms with E-state index in [0.29, 0.717) is 0 Å². The van der Waals surface area contributed by atoms with E-state index >= 15 is 0 Å². The molecule has 0 aliphatic rings. The largest absolute Gasteiger partial charge is 0.389 e. The maximum absolute atomic E-state index is 11.7. The topological polar surface area (TPSA) is 0 Å². The van der Waals surface area contributed by atoms with E-state index in [1.807, 2.05) is 12.5 Å². The van der Waals surface area contributed by atoms with Gasteiger partial charge in [0, 0.05) is 0 Å². The molecule has 0 aromatic heterocycles. The van der Waals surface area contributed by atoms with Crippen molar-refractivity contribution >= 4 is 10.0 Å². The summed E-state index contributed by atoms with van der Waals surface area (Å²) in [4.78, 5) is 0. The van der Waals surface area contributed by atoms with Crippen molar-refractivity contribution < 1.29 is 13.2 Å². The van der Waals surface area contributed by atoms with Crippen molar-refractivity contribution in [2.45, 2.75) is 12.6 Å². The molecule has 11 heavy (non-hydrogen) atoms. The first kappa shape index (κ1) is 10.9. The Morgan fingerprint density at radius 1 is 1.36 bits per heavy atom. The second-order valence-corrected chi connectivity index (χ2v) is 6.85. The Morgan fingerprint density at radius 3 is 2.09 bits per heavy atom. The predicted molar refractivity (Wildman–Crippen MR) is 45.2 cm³/mol. The first-order valence-corrected chi connectivity index (χ1v) is 5.85. The molecule has 0 saturated carbocycles. The quantitative estimate of drug-likeness (QED) is 0.635. The van der Waals surface area contributed by atoms with Crippen LogP contribution in [0.3, 0.4) is 0 Å². The fourth-order valence-electron chi connectivity index (χ4n) is 0.462. The second kappa shape index (κ2) is 3.52. The molecule has 0 saturated heterocycles. The Balaban J connectivity index is 3.79. The molecule has 68 valence electrons. The van der Waals surface area contributed by atoms with Gasteiger partial charge in [-0.15, -0.1) is 0 Å². The zero-order valence-electron chi connectivity index (χ0n) is 6.74. The van der Waals surface area contributed by atoms with Gasteiger partial charge >= 0.3 is 6.18 Å². The van der Waals surface area contributed by atoms with E-state index in [9.17, 15) is 13.2 Å². The zero-order chi connectivity index (χ0) is 9.12. The minimum Gasteiger partial charge on any atom is -0.227 e. The Morgan fingerprint density at radius 2 is 1.82 bits per heavy atom. The van der Waals surface area contributed by atoms with Gasteiger partial charge in [0.25, 0.3) is 0 Å². The summed E-state index contributed by atoms with van der Waals surface area (Å²) in [6.45, 7) is 3.50.